The van der Waals surface area contributed by atoms with Crippen LogP contribution in [0.4, 0.5) is 0 Å². The molecular weight excluding hydrogens is 196 g/mol. The summed E-state index contributed by atoms with van der Waals surface area (Å²) in [6.07, 6.45) is 8.60. The molecular formula is C10H12N2OS. The fourth-order valence-electron chi connectivity index (χ4n) is 0.816. The Kier molecular flexibility index (Phi) is 4.64. The minimum absolute atomic E-state index is 0.0988. The van der Waals surface area contributed by atoms with E-state index >= 15 is 0 Å². The number of thiazole rings is 1. The number of amides is 1. The van der Waals surface area contributed by atoms with E-state index in [-0.39, 0.29) is 5.91 Å². The van der Waals surface area contributed by atoms with Crippen LogP contribution >= 0.6 is 11.3 Å². The van der Waals surface area contributed by atoms with Gasteiger partial charge in [-0.25, -0.2) is 4.98 Å². The number of carbonyl (C=O) groups excluding carboxylic acids is 1. The molecule has 74 valence electrons. The second-order valence-electron chi connectivity index (χ2n) is 2.53. The zero-order chi connectivity index (χ0) is 10.2. The van der Waals surface area contributed by atoms with E-state index in [4.69, 9.17) is 0 Å². The van der Waals surface area contributed by atoms with Crippen LogP contribution in [0.1, 0.15) is 11.9 Å². The summed E-state index contributed by atoms with van der Waals surface area (Å²) in [5.74, 6) is -0.0988. The second kappa shape index (κ2) is 6.10. The average molecular weight is 208 g/mol. The van der Waals surface area contributed by atoms with E-state index in [9.17, 15) is 4.79 Å². The van der Waals surface area contributed by atoms with Crippen molar-refractivity contribution in [2.75, 3.05) is 0 Å². The van der Waals surface area contributed by atoms with Crippen LogP contribution < -0.4 is 5.32 Å². The molecule has 0 aliphatic heterocycles. The monoisotopic (exact) mass is 208 g/mol. The molecule has 1 rings (SSSR count). The first-order chi connectivity index (χ1) is 6.83. The van der Waals surface area contributed by atoms with Gasteiger partial charge in [-0.3, -0.25) is 4.79 Å². The summed E-state index contributed by atoms with van der Waals surface area (Å²) in [4.78, 5) is 15.2. The maximum absolute atomic E-state index is 11.2. The van der Waals surface area contributed by atoms with Crippen molar-refractivity contribution in [1.29, 1.82) is 0 Å². The van der Waals surface area contributed by atoms with Gasteiger partial charge in [0, 0.05) is 17.7 Å². The fourth-order valence-corrected chi connectivity index (χ4v) is 1.37. The van der Waals surface area contributed by atoms with Crippen molar-refractivity contribution in [2.24, 2.45) is 0 Å². The van der Waals surface area contributed by atoms with Crippen molar-refractivity contribution in [1.82, 2.24) is 10.3 Å². The van der Waals surface area contributed by atoms with Gasteiger partial charge in [0.15, 0.2) is 0 Å². The van der Waals surface area contributed by atoms with Gasteiger partial charge in [0.1, 0.15) is 5.01 Å². The molecule has 1 amide bonds. The van der Waals surface area contributed by atoms with Crippen molar-refractivity contribution in [3.05, 3.63) is 40.9 Å². The van der Waals surface area contributed by atoms with Crippen LogP contribution in [-0.4, -0.2) is 10.9 Å². The minimum Gasteiger partial charge on any atom is -0.346 e. The number of allylic oxidation sites excluding steroid dienone is 3. The van der Waals surface area contributed by atoms with E-state index in [2.05, 4.69) is 10.3 Å². The summed E-state index contributed by atoms with van der Waals surface area (Å²) in [6.45, 7) is 2.40. The lowest BCUT2D eigenvalue weighted by atomic mass is 10.4. The first-order valence-electron chi connectivity index (χ1n) is 4.28. The van der Waals surface area contributed by atoms with E-state index in [0.717, 1.165) is 5.01 Å². The molecule has 0 unspecified atom stereocenters. The maximum Gasteiger partial charge on any atom is 0.244 e. The molecule has 0 saturated carbocycles. The predicted octanol–water partition coefficient (Wildman–Crippen LogP) is 1.89. The first kappa shape index (κ1) is 10.7. The number of carbonyl (C=O) groups is 1. The summed E-state index contributed by atoms with van der Waals surface area (Å²) in [7, 11) is 0. The number of rotatable bonds is 4. The Labute approximate surface area is 87.2 Å². The standard InChI is InChI=1S/C10H12N2OS/c1-2-3-4-5-9(13)12-8-10-11-6-7-14-10/h2-7H,8H2,1H3,(H,12,13)/b3-2+,5-4+. The Morgan fingerprint density at radius 2 is 2.50 bits per heavy atom. The van der Waals surface area contributed by atoms with E-state index < -0.39 is 0 Å². The van der Waals surface area contributed by atoms with Gasteiger partial charge in [0.05, 0.1) is 6.54 Å². The Bertz CT molecular complexity index is 328. The molecule has 0 bridgehead atoms. The zero-order valence-electron chi connectivity index (χ0n) is 7.93. The van der Waals surface area contributed by atoms with Crippen LogP contribution in [0.15, 0.2) is 35.9 Å². The van der Waals surface area contributed by atoms with Crippen LogP contribution in [0, 0.1) is 0 Å². The highest BCUT2D eigenvalue weighted by molar-refractivity contribution is 7.09. The molecule has 3 nitrogen and oxygen atoms in total. The molecule has 0 saturated heterocycles. The molecule has 0 atom stereocenters. The van der Waals surface area contributed by atoms with E-state index in [1.165, 1.54) is 17.4 Å². The van der Waals surface area contributed by atoms with Gasteiger partial charge >= 0.3 is 0 Å². The van der Waals surface area contributed by atoms with Crippen molar-refractivity contribution < 1.29 is 4.79 Å². The summed E-state index contributed by atoms with van der Waals surface area (Å²) >= 11 is 1.53. The normalized spacial score (nSPS) is 11.2. The highest BCUT2D eigenvalue weighted by Crippen LogP contribution is 2.02. The number of nitrogens with zero attached hydrogens (tertiary/aromatic N) is 1. The highest BCUT2D eigenvalue weighted by Gasteiger charge is 1.96. The lowest BCUT2D eigenvalue weighted by molar-refractivity contribution is -0.116. The van der Waals surface area contributed by atoms with Gasteiger partial charge in [0.25, 0.3) is 0 Å². The maximum atomic E-state index is 11.2. The number of nitrogens with one attached hydrogen (secondary N) is 1. The Balaban J connectivity index is 2.28. The minimum atomic E-state index is -0.0988. The summed E-state index contributed by atoms with van der Waals surface area (Å²) in [6, 6.07) is 0. The predicted molar refractivity (Wildman–Crippen MR) is 57.9 cm³/mol. The van der Waals surface area contributed by atoms with Gasteiger partial charge in [-0.05, 0) is 6.92 Å². The molecule has 4 heteroatoms. The lowest BCUT2D eigenvalue weighted by Crippen LogP contribution is -2.19. The average Bonchev–Trinajstić information content (AvgIpc) is 2.68. The van der Waals surface area contributed by atoms with Crippen LogP contribution in [0.25, 0.3) is 0 Å². The molecule has 0 aliphatic carbocycles. The number of aromatic nitrogens is 1. The molecule has 0 fully saturated rings. The van der Waals surface area contributed by atoms with Gasteiger partial charge in [-0.1, -0.05) is 18.2 Å². The topological polar surface area (TPSA) is 42.0 Å². The van der Waals surface area contributed by atoms with Gasteiger partial charge in [-0.15, -0.1) is 11.3 Å². The van der Waals surface area contributed by atoms with Gasteiger partial charge < -0.3 is 5.32 Å². The molecule has 0 spiro atoms. The summed E-state index contributed by atoms with van der Waals surface area (Å²) in [5.41, 5.74) is 0. The largest absolute Gasteiger partial charge is 0.346 e. The SMILES string of the molecule is C/C=C/C=C/C(=O)NCc1nccs1. The summed E-state index contributed by atoms with van der Waals surface area (Å²) in [5, 5.41) is 5.53. The number of hydrogen-bond acceptors (Lipinski definition) is 3. The number of hydrogen-bond donors (Lipinski definition) is 1. The molecule has 1 aromatic heterocycles. The third-order valence-electron chi connectivity index (χ3n) is 1.45. The molecule has 1 heterocycles. The second-order valence-corrected chi connectivity index (χ2v) is 3.51. The third kappa shape index (κ3) is 4.00. The zero-order valence-corrected chi connectivity index (χ0v) is 8.75. The Hall–Kier alpha value is -1.42. The summed E-state index contributed by atoms with van der Waals surface area (Å²) < 4.78 is 0. The van der Waals surface area contributed by atoms with E-state index in [0.29, 0.717) is 6.54 Å². The quantitative estimate of drug-likeness (QED) is 0.606. The molecule has 14 heavy (non-hydrogen) atoms. The van der Waals surface area contributed by atoms with Crippen molar-refractivity contribution in [3.8, 4) is 0 Å². The van der Waals surface area contributed by atoms with E-state index in [1.54, 1.807) is 12.3 Å². The molecule has 0 aliphatic rings. The van der Waals surface area contributed by atoms with Crippen LogP contribution in [0.5, 0.6) is 0 Å². The van der Waals surface area contributed by atoms with Crippen LogP contribution in [0.2, 0.25) is 0 Å². The first-order valence-corrected chi connectivity index (χ1v) is 5.16. The van der Waals surface area contributed by atoms with Crippen molar-refractivity contribution in [3.63, 3.8) is 0 Å². The Morgan fingerprint density at radius 3 is 3.14 bits per heavy atom. The van der Waals surface area contributed by atoms with E-state index in [1.807, 2.05) is 24.5 Å². The smallest absolute Gasteiger partial charge is 0.244 e. The van der Waals surface area contributed by atoms with Gasteiger partial charge in [-0.2, -0.15) is 0 Å². The molecule has 0 aromatic carbocycles. The Morgan fingerprint density at radius 1 is 1.64 bits per heavy atom. The van der Waals surface area contributed by atoms with Crippen LogP contribution in [0.3, 0.4) is 0 Å². The third-order valence-corrected chi connectivity index (χ3v) is 2.23. The molecule has 1 N–H and O–H groups in total. The lowest BCUT2D eigenvalue weighted by Gasteiger charge is -1.96. The fraction of sp³-hybridized carbons (Fsp3) is 0.200. The highest BCUT2D eigenvalue weighted by atomic mass is 32.1. The molecule has 0 radical (unpaired) electrons. The molecule has 1 aromatic rings. The van der Waals surface area contributed by atoms with Crippen LogP contribution in [-0.2, 0) is 11.3 Å². The van der Waals surface area contributed by atoms with Crippen molar-refractivity contribution in [2.45, 2.75) is 13.5 Å². The van der Waals surface area contributed by atoms with Crippen molar-refractivity contribution >= 4 is 17.2 Å². The van der Waals surface area contributed by atoms with Gasteiger partial charge in [0.2, 0.25) is 5.91 Å².